The number of benzene rings is 2. The molecule has 0 saturated heterocycles. The van der Waals surface area contributed by atoms with Crippen LogP contribution in [0.4, 0.5) is 4.39 Å². The first-order chi connectivity index (χ1) is 12.2. The summed E-state index contributed by atoms with van der Waals surface area (Å²) in [5, 5.41) is 7.81. The van der Waals surface area contributed by atoms with E-state index in [0.717, 1.165) is 11.1 Å². The van der Waals surface area contributed by atoms with E-state index in [9.17, 15) is 9.18 Å². The molecule has 0 fully saturated rings. The van der Waals surface area contributed by atoms with Crippen molar-refractivity contribution in [1.29, 1.82) is 0 Å². The summed E-state index contributed by atoms with van der Waals surface area (Å²) in [6.07, 6.45) is 2.14. The molecule has 0 bridgehead atoms. The van der Waals surface area contributed by atoms with Crippen molar-refractivity contribution in [1.82, 2.24) is 10.2 Å². The summed E-state index contributed by atoms with van der Waals surface area (Å²) < 4.78 is 18.7. The summed E-state index contributed by atoms with van der Waals surface area (Å²) in [5.74, 6) is 0.547. The van der Waals surface area contributed by atoms with Crippen LogP contribution in [0.25, 0.3) is 5.57 Å². The van der Waals surface area contributed by atoms with Gasteiger partial charge in [0.15, 0.2) is 5.15 Å². The molecule has 0 saturated carbocycles. The van der Waals surface area contributed by atoms with Crippen molar-refractivity contribution in [3.8, 4) is 11.6 Å². The quantitative estimate of drug-likeness (QED) is 0.492. The molecule has 0 atom stereocenters. The van der Waals surface area contributed by atoms with E-state index < -0.39 is 0 Å². The standard InChI is InChI=1S/C19H12ClFN2O2/c20-18-9-10-19(23-22-18)25-16-7-3-14(4-8-16)17(11-12-24)13-1-5-15(21)6-2-13/h1-12H/b17-11-. The van der Waals surface area contributed by atoms with Crippen LogP contribution in [0.5, 0.6) is 11.6 Å². The third-order valence-corrected chi connectivity index (χ3v) is 3.59. The normalized spacial score (nSPS) is 11.2. The Bertz CT molecular complexity index is 892. The molecule has 2 aromatic carbocycles. The minimum atomic E-state index is -0.331. The molecule has 0 N–H and O–H groups in total. The SMILES string of the molecule is O=C/C=C(/c1ccc(F)cc1)c1ccc(Oc2ccc(Cl)nn2)cc1. The van der Waals surface area contributed by atoms with E-state index in [1.54, 1.807) is 48.5 Å². The monoisotopic (exact) mass is 354 g/mol. The minimum absolute atomic E-state index is 0.283. The van der Waals surface area contributed by atoms with E-state index in [2.05, 4.69) is 10.2 Å². The molecule has 25 heavy (non-hydrogen) atoms. The van der Waals surface area contributed by atoms with Crippen molar-refractivity contribution in [2.24, 2.45) is 0 Å². The number of carbonyl (C=O) groups is 1. The molecular formula is C19H12ClFN2O2. The van der Waals surface area contributed by atoms with Crippen LogP contribution in [0.3, 0.4) is 0 Å². The van der Waals surface area contributed by atoms with Crippen molar-refractivity contribution in [3.63, 3.8) is 0 Å². The molecule has 0 radical (unpaired) electrons. The van der Waals surface area contributed by atoms with Gasteiger partial charge in [-0.15, -0.1) is 10.2 Å². The Morgan fingerprint density at radius 1 is 0.920 bits per heavy atom. The summed E-state index contributed by atoms with van der Waals surface area (Å²) >= 11 is 5.68. The van der Waals surface area contributed by atoms with Gasteiger partial charge in [0.05, 0.1) is 0 Å². The van der Waals surface area contributed by atoms with Gasteiger partial charge in [-0.3, -0.25) is 4.79 Å². The number of hydrogen-bond donors (Lipinski definition) is 0. The van der Waals surface area contributed by atoms with Gasteiger partial charge < -0.3 is 4.74 Å². The first-order valence-corrected chi connectivity index (χ1v) is 7.72. The Morgan fingerprint density at radius 2 is 1.56 bits per heavy atom. The van der Waals surface area contributed by atoms with Gasteiger partial charge in [0.1, 0.15) is 17.9 Å². The van der Waals surface area contributed by atoms with E-state index in [4.69, 9.17) is 16.3 Å². The summed E-state index contributed by atoms with van der Waals surface area (Å²) in [6, 6.07) is 16.2. The number of aldehydes is 1. The lowest BCUT2D eigenvalue weighted by Crippen LogP contribution is -1.92. The number of rotatable bonds is 5. The van der Waals surface area contributed by atoms with E-state index in [-0.39, 0.29) is 11.0 Å². The summed E-state index contributed by atoms with van der Waals surface area (Å²) in [5.41, 5.74) is 2.23. The van der Waals surface area contributed by atoms with E-state index >= 15 is 0 Å². The fourth-order valence-corrected chi connectivity index (χ4v) is 2.34. The second-order valence-electron chi connectivity index (χ2n) is 5.04. The summed E-state index contributed by atoms with van der Waals surface area (Å²) in [7, 11) is 0. The Kier molecular flexibility index (Phi) is 5.16. The Morgan fingerprint density at radius 3 is 2.12 bits per heavy atom. The molecular weight excluding hydrogens is 343 g/mol. The Hall–Kier alpha value is -3.05. The van der Waals surface area contributed by atoms with E-state index in [1.165, 1.54) is 18.2 Å². The van der Waals surface area contributed by atoms with Gasteiger partial charge in [-0.25, -0.2) is 4.39 Å². The largest absolute Gasteiger partial charge is 0.438 e. The van der Waals surface area contributed by atoms with Crippen LogP contribution >= 0.6 is 11.6 Å². The van der Waals surface area contributed by atoms with Crippen LogP contribution in [-0.4, -0.2) is 16.5 Å². The predicted molar refractivity (Wildman–Crippen MR) is 93.1 cm³/mol. The Balaban J connectivity index is 1.84. The highest BCUT2D eigenvalue weighted by Gasteiger charge is 2.07. The molecule has 0 unspecified atom stereocenters. The van der Waals surface area contributed by atoms with Gasteiger partial charge in [0.2, 0.25) is 5.88 Å². The number of carbonyl (C=O) groups excluding carboxylic acids is 1. The molecule has 1 aromatic heterocycles. The molecule has 4 nitrogen and oxygen atoms in total. The van der Waals surface area contributed by atoms with Gasteiger partial charge >= 0.3 is 0 Å². The molecule has 3 aromatic rings. The molecule has 6 heteroatoms. The minimum Gasteiger partial charge on any atom is -0.438 e. The van der Waals surface area contributed by atoms with Crippen LogP contribution < -0.4 is 4.74 Å². The first kappa shape index (κ1) is 16.8. The van der Waals surface area contributed by atoms with Gasteiger partial charge in [-0.1, -0.05) is 35.9 Å². The number of nitrogens with zero attached hydrogens (tertiary/aromatic N) is 2. The zero-order valence-electron chi connectivity index (χ0n) is 12.9. The van der Waals surface area contributed by atoms with Gasteiger partial charge in [0.25, 0.3) is 0 Å². The zero-order chi connectivity index (χ0) is 17.6. The zero-order valence-corrected chi connectivity index (χ0v) is 13.7. The van der Waals surface area contributed by atoms with Crippen LogP contribution in [0.2, 0.25) is 5.15 Å². The molecule has 0 aliphatic rings. The molecule has 3 rings (SSSR count). The van der Waals surface area contributed by atoms with Crippen molar-refractivity contribution in [2.75, 3.05) is 0 Å². The third-order valence-electron chi connectivity index (χ3n) is 3.39. The number of hydrogen-bond acceptors (Lipinski definition) is 4. The molecule has 124 valence electrons. The second-order valence-corrected chi connectivity index (χ2v) is 5.43. The molecule has 0 aliphatic heterocycles. The van der Waals surface area contributed by atoms with Crippen LogP contribution in [0, 0.1) is 5.82 Å². The van der Waals surface area contributed by atoms with Crippen LogP contribution in [0.15, 0.2) is 66.7 Å². The third kappa shape index (κ3) is 4.28. The first-order valence-electron chi connectivity index (χ1n) is 7.34. The molecule has 0 amide bonds. The van der Waals surface area contributed by atoms with Gasteiger partial charge in [0, 0.05) is 6.07 Å². The maximum absolute atomic E-state index is 13.1. The maximum atomic E-state index is 13.1. The molecule has 0 aliphatic carbocycles. The van der Waals surface area contributed by atoms with E-state index in [0.29, 0.717) is 23.5 Å². The summed E-state index contributed by atoms with van der Waals surface area (Å²) in [6.45, 7) is 0. The average molecular weight is 355 g/mol. The number of ether oxygens (including phenoxy) is 1. The maximum Gasteiger partial charge on any atom is 0.238 e. The van der Waals surface area contributed by atoms with Gasteiger partial charge in [-0.2, -0.15) is 0 Å². The Labute approximate surface area is 148 Å². The summed E-state index contributed by atoms with van der Waals surface area (Å²) in [4.78, 5) is 11.0. The van der Waals surface area contributed by atoms with Crippen molar-refractivity contribution in [3.05, 3.63) is 88.8 Å². The van der Waals surface area contributed by atoms with Crippen LogP contribution in [-0.2, 0) is 4.79 Å². The highest BCUT2D eigenvalue weighted by Crippen LogP contribution is 2.27. The topological polar surface area (TPSA) is 52.1 Å². The number of allylic oxidation sites excluding steroid dienone is 1. The number of aromatic nitrogens is 2. The van der Waals surface area contributed by atoms with Gasteiger partial charge in [-0.05, 0) is 53.1 Å². The second kappa shape index (κ2) is 7.68. The lowest BCUT2D eigenvalue weighted by Gasteiger charge is -2.09. The van der Waals surface area contributed by atoms with Crippen molar-refractivity contribution in [2.45, 2.75) is 0 Å². The van der Waals surface area contributed by atoms with Crippen LogP contribution in [0.1, 0.15) is 11.1 Å². The van der Waals surface area contributed by atoms with E-state index in [1.807, 2.05) is 0 Å². The lowest BCUT2D eigenvalue weighted by atomic mass is 9.97. The van der Waals surface area contributed by atoms with Crippen molar-refractivity contribution < 1.29 is 13.9 Å². The highest BCUT2D eigenvalue weighted by molar-refractivity contribution is 6.29. The smallest absolute Gasteiger partial charge is 0.238 e. The molecule has 0 spiro atoms. The average Bonchev–Trinajstić information content (AvgIpc) is 2.63. The molecule has 1 heterocycles. The highest BCUT2D eigenvalue weighted by atomic mass is 35.5. The fraction of sp³-hybridized carbons (Fsp3) is 0. The van der Waals surface area contributed by atoms with Crippen molar-refractivity contribution >= 4 is 23.5 Å². The fourth-order valence-electron chi connectivity index (χ4n) is 2.24. The lowest BCUT2D eigenvalue weighted by molar-refractivity contribution is -0.104. The predicted octanol–water partition coefficient (Wildman–Crippen LogP) is 4.69. The number of halogens is 2.